The number of azide groups is 1. The van der Waals surface area contributed by atoms with E-state index in [-0.39, 0.29) is 13.2 Å². The summed E-state index contributed by atoms with van der Waals surface area (Å²) in [6.45, 7) is 1.83. The van der Waals surface area contributed by atoms with E-state index in [9.17, 15) is 0 Å². The Hall–Kier alpha value is -4.43. The average molecular weight is 592 g/mol. The molecule has 226 valence electrons. The molecular formula is C36H37N3O5. The molecule has 8 heteroatoms. The minimum atomic E-state index is -0.626. The van der Waals surface area contributed by atoms with Crippen LogP contribution in [0.2, 0.25) is 0 Å². The van der Waals surface area contributed by atoms with Crippen LogP contribution in [0.4, 0.5) is 0 Å². The fraction of sp³-hybridized carbons (Fsp3) is 0.278. The van der Waals surface area contributed by atoms with Gasteiger partial charge in [-0.15, -0.1) is 0 Å². The number of rotatable bonds is 15. The fourth-order valence-electron chi connectivity index (χ4n) is 5.04. The van der Waals surface area contributed by atoms with Gasteiger partial charge in [-0.1, -0.05) is 126 Å². The molecule has 0 bridgehead atoms. The highest BCUT2D eigenvalue weighted by molar-refractivity contribution is 5.18. The van der Waals surface area contributed by atoms with E-state index < -0.39 is 24.4 Å². The second kappa shape index (κ2) is 17.0. The molecule has 0 N–H and O–H groups in total. The molecule has 0 radical (unpaired) electrons. The molecule has 3 unspecified atom stereocenters. The maximum atomic E-state index is 8.96. The second-order valence-electron chi connectivity index (χ2n) is 10.4. The van der Waals surface area contributed by atoms with Gasteiger partial charge in [0.15, 0.2) is 6.10 Å². The van der Waals surface area contributed by atoms with Crippen molar-refractivity contribution in [3.63, 3.8) is 0 Å². The van der Waals surface area contributed by atoms with Crippen molar-refractivity contribution < 1.29 is 23.7 Å². The third-order valence-corrected chi connectivity index (χ3v) is 7.23. The van der Waals surface area contributed by atoms with E-state index >= 15 is 0 Å². The summed E-state index contributed by atoms with van der Waals surface area (Å²) in [5, 5.41) is 3.72. The molecule has 0 spiro atoms. The molecule has 44 heavy (non-hydrogen) atoms. The molecule has 0 amide bonds. The van der Waals surface area contributed by atoms with Crippen molar-refractivity contribution in [1.82, 2.24) is 0 Å². The van der Waals surface area contributed by atoms with Gasteiger partial charge in [0.2, 0.25) is 0 Å². The van der Waals surface area contributed by atoms with Crippen molar-refractivity contribution in [3.05, 3.63) is 166 Å². The molecule has 1 aliphatic rings. The van der Waals surface area contributed by atoms with Crippen molar-refractivity contribution in [3.8, 4) is 0 Å². The van der Waals surface area contributed by atoms with Gasteiger partial charge in [0.25, 0.3) is 0 Å². The smallest absolute Gasteiger partial charge is 0.150 e. The van der Waals surface area contributed by atoms with Gasteiger partial charge in [0.1, 0.15) is 24.1 Å². The summed E-state index contributed by atoms with van der Waals surface area (Å²) in [5.41, 5.74) is 13.1. The Morgan fingerprint density at radius 1 is 0.614 bits per heavy atom. The molecule has 4 aromatic rings. The zero-order chi connectivity index (χ0) is 30.2. The normalized spacial score (nSPS) is 20.5. The molecule has 4 aromatic carbocycles. The maximum absolute atomic E-state index is 8.96. The van der Waals surface area contributed by atoms with Crippen molar-refractivity contribution >= 4 is 0 Å². The monoisotopic (exact) mass is 591 g/mol. The van der Waals surface area contributed by atoms with Gasteiger partial charge in [-0.25, -0.2) is 0 Å². The van der Waals surface area contributed by atoms with Gasteiger partial charge in [-0.2, -0.15) is 0 Å². The average Bonchev–Trinajstić information content (AvgIpc) is 3.08. The van der Waals surface area contributed by atoms with E-state index in [0.29, 0.717) is 32.2 Å². The van der Waals surface area contributed by atoms with E-state index in [1.807, 2.05) is 121 Å². The highest BCUT2D eigenvalue weighted by Crippen LogP contribution is 2.33. The molecule has 5 rings (SSSR count). The molecule has 8 nitrogen and oxygen atoms in total. The number of benzene rings is 4. The van der Waals surface area contributed by atoms with Crippen LogP contribution in [-0.4, -0.2) is 37.6 Å². The van der Waals surface area contributed by atoms with Crippen molar-refractivity contribution in [1.29, 1.82) is 0 Å². The molecule has 1 aliphatic heterocycles. The first-order valence-electron chi connectivity index (χ1n) is 14.8. The van der Waals surface area contributed by atoms with Crippen molar-refractivity contribution in [2.75, 3.05) is 13.2 Å². The Bertz CT molecular complexity index is 1470. The summed E-state index contributed by atoms with van der Waals surface area (Å²) in [6.07, 6.45) is -0.478. The Balaban J connectivity index is 1.45. The maximum Gasteiger partial charge on any atom is 0.150 e. The van der Waals surface area contributed by atoms with Crippen LogP contribution in [0.1, 0.15) is 22.3 Å². The Kier molecular flexibility index (Phi) is 12.0. The number of hydrogen-bond acceptors (Lipinski definition) is 6. The number of nitrogens with zero attached hydrogens (tertiary/aromatic N) is 3. The predicted octanol–water partition coefficient (Wildman–Crippen LogP) is 7.55. The predicted molar refractivity (Wildman–Crippen MR) is 168 cm³/mol. The summed E-state index contributed by atoms with van der Waals surface area (Å²) in [7, 11) is 0. The summed E-state index contributed by atoms with van der Waals surface area (Å²) >= 11 is 0. The summed E-state index contributed by atoms with van der Waals surface area (Å²) in [4.78, 5) is 2.92. The van der Waals surface area contributed by atoms with Crippen LogP contribution in [-0.2, 0) is 50.1 Å². The first kappa shape index (κ1) is 31.0. The minimum Gasteiger partial charge on any atom is -0.487 e. The molecule has 0 saturated carbocycles. The zero-order valence-electron chi connectivity index (χ0n) is 24.6. The van der Waals surface area contributed by atoms with Gasteiger partial charge >= 0.3 is 0 Å². The highest BCUT2D eigenvalue weighted by Gasteiger charge is 2.46. The fourth-order valence-corrected chi connectivity index (χ4v) is 5.04. The van der Waals surface area contributed by atoms with Crippen LogP contribution in [0.3, 0.4) is 0 Å². The van der Waals surface area contributed by atoms with Crippen LogP contribution in [0.25, 0.3) is 10.4 Å². The molecule has 1 fully saturated rings. The van der Waals surface area contributed by atoms with Crippen LogP contribution in [0, 0.1) is 0 Å². The molecule has 0 aliphatic carbocycles. The lowest BCUT2D eigenvalue weighted by Gasteiger charge is -2.43. The summed E-state index contributed by atoms with van der Waals surface area (Å²) < 4.78 is 32.6. The van der Waals surface area contributed by atoms with E-state index in [1.165, 1.54) is 0 Å². The number of ether oxygens (including phenoxy) is 5. The molecule has 4 atom stereocenters. The van der Waals surface area contributed by atoms with Gasteiger partial charge in [0.05, 0.1) is 33.0 Å². The molecular weight excluding hydrogens is 554 g/mol. The van der Waals surface area contributed by atoms with Gasteiger partial charge in [-0.3, -0.25) is 0 Å². The van der Waals surface area contributed by atoms with Crippen LogP contribution < -0.4 is 0 Å². The van der Waals surface area contributed by atoms with Crippen molar-refractivity contribution in [2.24, 2.45) is 5.11 Å². The Morgan fingerprint density at radius 3 is 1.57 bits per heavy atom. The van der Waals surface area contributed by atoms with E-state index in [4.69, 9.17) is 29.2 Å². The minimum absolute atomic E-state index is 0.107. The molecule has 1 heterocycles. The molecule has 0 aromatic heterocycles. The lowest BCUT2D eigenvalue weighted by molar-refractivity contribution is -0.223. The van der Waals surface area contributed by atoms with Crippen LogP contribution in [0.15, 0.2) is 138 Å². The van der Waals surface area contributed by atoms with E-state index in [1.54, 1.807) is 6.08 Å². The summed E-state index contributed by atoms with van der Waals surface area (Å²) in [5.74, 6) is 0.527. The molecule has 1 saturated heterocycles. The van der Waals surface area contributed by atoms with Crippen LogP contribution >= 0.6 is 0 Å². The largest absolute Gasteiger partial charge is 0.487 e. The third kappa shape index (κ3) is 9.28. The first-order chi connectivity index (χ1) is 21.8. The topological polar surface area (TPSA) is 94.9 Å². The third-order valence-electron chi connectivity index (χ3n) is 7.23. The quantitative estimate of drug-likeness (QED) is 0.0808. The number of hydrogen-bond donors (Lipinski definition) is 0. The second-order valence-corrected chi connectivity index (χ2v) is 10.4. The van der Waals surface area contributed by atoms with Gasteiger partial charge in [0, 0.05) is 11.5 Å². The Labute approximate surface area is 258 Å². The summed E-state index contributed by atoms with van der Waals surface area (Å²) in [6, 6.07) is 40.0. The van der Waals surface area contributed by atoms with Gasteiger partial charge in [-0.05, 0) is 33.9 Å². The zero-order valence-corrected chi connectivity index (χ0v) is 24.6. The standard InChI is InChI=1S/C36H37N3O5/c37-39-38-22-21-32-34(41-24-29-15-7-2-8-16-29)36(43-26-31-19-11-4-12-20-31)35(42-25-30-17-9-3-10-18-30)33(44-32)27-40-23-28-13-5-1-6-14-28/h1-21,33-36H,22-27H2/b32-21-/t33?,34?,35-,36?/m1/s1. The lowest BCUT2D eigenvalue weighted by atomic mass is 9.96. The Morgan fingerprint density at radius 2 is 1.07 bits per heavy atom. The van der Waals surface area contributed by atoms with Gasteiger partial charge < -0.3 is 23.7 Å². The van der Waals surface area contributed by atoms with Crippen molar-refractivity contribution in [2.45, 2.75) is 50.8 Å². The van der Waals surface area contributed by atoms with E-state index in [2.05, 4.69) is 10.0 Å². The van der Waals surface area contributed by atoms with Crippen LogP contribution in [0.5, 0.6) is 0 Å². The first-order valence-corrected chi connectivity index (χ1v) is 14.8. The van der Waals surface area contributed by atoms with E-state index in [0.717, 1.165) is 22.3 Å². The highest BCUT2D eigenvalue weighted by atomic mass is 16.6. The SMILES string of the molecule is [N-]=[N+]=NC/C=C1\OC(COCc2ccccc2)[C@@H](OCc2ccccc2)C(OCc2ccccc2)C1OCc1ccccc1. The lowest BCUT2D eigenvalue weighted by Crippen LogP contribution is -2.56.